The van der Waals surface area contributed by atoms with Crippen molar-refractivity contribution >= 4 is 17.7 Å². The van der Waals surface area contributed by atoms with E-state index in [0.717, 1.165) is 0 Å². The van der Waals surface area contributed by atoms with Crippen LogP contribution in [0.5, 0.6) is 0 Å². The Morgan fingerprint density at radius 3 is 1.50 bits per heavy atom. The van der Waals surface area contributed by atoms with Gasteiger partial charge in [-0.3, -0.25) is 4.79 Å². The van der Waals surface area contributed by atoms with E-state index in [9.17, 15) is 4.79 Å². The SMILES string of the molecule is CC(C)(C)SC(C)(C)C(C)(C)OC(=O)C(C)(C)C. The summed E-state index contributed by atoms with van der Waals surface area (Å²) < 4.78 is 5.74. The standard InChI is InChI=1S/C15H30O2S/c1-12(2,3)11(16)17-14(7,8)15(9,10)18-13(4,5)6/h1-10H3. The summed E-state index contributed by atoms with van der Waals surface area (Å²) in [6.45, 7) is 20.5. The smallest absolute Gasteiger partial charge is 0.311 e. The van der Waals surface area contributed by atoms with Crippen molar-refractivity contribution in [3.8, 4) is 0 Å². The molecule has 0 aliphatic rings. The van der Waals surface area contributed by atoms with Crippen LogP contribution in [0.1, 0.15) is 69.2 Å². The summed E-state index contributed by atoms with van der Waals surface area (Å²) in [6, 6.07) is 0. The fourth-order valence-corrected chi connectivity index (χ4v) is 3.21. The molecule has 0 aromatic rings. The number of carbonyl (C=O) groups is 1. The van der Waals surface area contributed by atoms with Gasteiger partial charge in [0.1, 0.15) is 5.60 Å². The maximum Gasteiger partial charge on any atom is 0.311 e. The van der Waals surface area contributed by atoms with Crippen molar-refractivity contribution in [1.82, 2.24) is 0 Å². The molecule has 108 valence electrons. The molecule has 0 radical (unpaired) electrons. The lowest BCUT2D eigenvalue weighted by molar-refractivity contribution is -0.168. The van der Waals surface area contributed by atoms with Crippen molar-refractivity contribution in [1.29, 1.82) is 0 Å². The highest BCUT2D eigenvalue weighted by molar-refractivity contribution is 8.02. The van der Waals surface area contributed by atoms with Gasteiger partial charge < -0.3 is 4.74 Å². The van der Waals surface area contributed by atoms with Crippen LogP contribution < -0.4 is 0 Å². The van der Waals surface area contributed by atoms with Crippen LogP contribution in [0.3, 0.4) is 0 Å². The van der Waals surface area contributed by atoms with Crippen molar-refractivity contribution < 1.29 is 9.53 Å². The Kier molecular flexibility index (Phi) is 5.02. The summed E-state index contributed by atoms with van der Waals surface area (Å²) in [5.41, 5.74) is -0.963. The molecule has 0 saturated heterocycles. The predicted molar refractivity (Wildman–Crippen MR) is 81.0 cm³/mol. The second-order valence-corrected chi connectivity index (χ2v) is 10.3. The Morgan fingerprint density at radius 1 is 0.833 bits per heavy atom. The van der Waals surface area contributed by atoms with Gasteiger partial charge in [0, 0.05) is 4.75 Å². The minimum absolute atomic E-state index is 0.134. The van der Waals surface area contributed by atoms with Crippen LogP contribution in [-0.2, 0) is 9.53 Å². The molecule has 0 atom stereocenters. The van der Waals surface area contributed by atoms with Gasteiger partial charge in [0.2, 0.25) is 0 Å². The molecule has 0 aromatic heterocycles. The maximum absolute atomic E-state index is 12.1. The average molecular weight is 274 g/mol. The van der Waals surface area contributed by atoms with E-state index in [1.165, 1.54) is 0 Å². The lowest BCUT2D eigenvalue weighted by atomic mass is 9.91. The van der Waals surface area contributed by atoms with Crippen LogP contribution in [0.15, 0.2) is 0 Å². The highest BCUT2D eigenvalue weighted by Crippen LogP contribution is 2.45. The second kappa shape index (κ2) is 5.07. The maximum atomic E-state index is 12.1. The Balaban J connectivity index is 4.97. The van der Waals surface area contributed by atoms with Gasteiger partial charge >= 0.3 is 5.97 Å². The Morgan fingerprint density at radius 2 is 1.22 bits per heavy atom. The molecular formula is C15H30O2S. The van der Waals surface area contributed by atoms with Gasteiger partial charge in [-0.2, -0.15) is 0 Å². The summed E-state index contributed by atoms with van der Waals surface area (Å²) in [5.74, 6) is -0.143. The molecule has 0 aliphatic heterocycles. The molecule has 0 N–H and O–H groups in total. The average Bonchev–Trinajstić information content (AvgIpc) is 1.95. The molecule has 0 bridgehead atoms. The number of carbonyl (C=O) groups excluding carboxylic acids is 1. The van der Waals surface area contributed by atoms with E-state index in [2.05, 4.69) is 34.6 Å². The molecule has 0 unspecified atom stereocenters. The van der Waals surface area contributed by atoms with Crippen LogP contribution in [0.4, 0.5) is 0 Å². The van der Waals surface area contributed by atoms with E-state index in [1.807, 2.05) is 46.4 Å². The molecule has 0 saturated carbocycles. The van der Waals surface area contributed by atoms with E-state index in [-0.39, 0.29) is 15.5 Å². The number of hydrogen-bond acceptors (Lipinski definition) is 3. The first-order valence-electron chi connectivity index (χ1n) is 6.52. The number of thioether (sulfide) groups is 1. The van der Waals surface area contributed by atoms with E-state index in [0.29, 0.717) is 0 Å². The van der Waals surface area contributed by atoms with Gasteiger partial charge in [-0.15, -0.1) is 11.8 Å². The molecular weight excluding hydrogens is 244 g/mol. The van der Waals surface area contributed by atoms with Crippen LogP contribution in [0.2, 0.25) is 0 Å². The predicted octanol–water partition coefficient (Wildman–Crippen LogP) is 4.66. The number of hydrogen-bond donors (Lipinski definition) is 0. The molecule has 18 heavy (non-hydrogen) atoms. The summed E-state index contributed by atoms with van der Waals surface area (Å²) >= 11 is 1.84. The monoisotopic (exact) mass is 274 g/mol. The molecule has 0 rings (SSSR count). The molecule has 2 nitrogen and oxygen atoms in total. The molecule has 0 aromatic carbocycles. The molecule has 0 amide bonds. The topological polar surface area (TPSA) is 26.3 Å². The zero-order chi connectivity index (χ0) is 15.0. The first-order valence-corrected chi connectivity index (χ1v) is 7.34. The van der Waals surface area contributed by atoms with Gasteiger partial charge in [0.05, 0.1) is 10.2 Å². The second-order valence-electron chi connectivity index (χ2n) is 7.87. The van der Waals surface area contributed by atoms with Crippen molar-refractivity contribution in [2.45, 2.75) is 84.3 Å². The molecule has 3 heteroatoms. The lowest BCUT2D eigenvalue weighted by Crippen LogP contribution is -2.49. The first kappa shape index (κ1) is 17.8. The van der Waals surface area contributed by atoms with E-state index < -0.39 is 11.0 Å². The van der Waals surface area contributed by atoms with Gasteiger partial charge in [-0.1, -0.05) is 20.8 Å². The zero-order valence-electron chi connectivity index (χ0n) is 13.7. The third-order valence-electron chi connectivity index (χ3n) is 2.97. The van der Waals surface area contributed by atoms with Gasteiger partial charge in [0.15, 0.2) is 0 Å². The largest absolute Gasteiger partial charge is 0.458 e. The van der Waals surface area contributed by atoms with Crippen LogP contribution in [0.25, 0.3) is 0 Å². The number of esters is 1. The fourth-order valence-electron chi connectivity index (χ4n) is 1.40. The summed E-state index contributed by atoms with van der Waals surface area (Å²) in [4.78, 5) is 12.1. The quantitative estimate of drug-likeness (QED) is 0.700. The van der Waals surface area contributed by atoms with Crippen molar-refractivity contribution in [3.63, 3.8) is 0 Å². The highest BCUT2D eigenvalue weighted by atomic mass is 32.2. The normalized spacial score (nSPS) is 14.6. The molecule has 0 fully saturated rings. The third-order valence-corrected chi connectivity index (χ3v) is 4.59. The van der Waals surface area contributed by atoms with Gasteiger partial charge in [0.25, 0.3) is 0 Å². The van der Waals surface area contributed by atoms with E-state index >= 15 is 0 Å². The first-order chi connectivity index (χ1) is 7.58. The zero-order valence-corrected chi connectivity index (χ0v) is 14.5. The summed E-state index contributed by atoms with van der Waals surface area (Å²) in [5, 5.41) is 0. The van der Waals surface area contributed by atoms with Crippen molar-refractivity contribution in [3.05, 3.63) is 0 Å². The van der Waals surface area contributed by atoms with Gasteiger partial charge in [-0.25, -0.2) is 0 Å². The third kappa shape index (κ3) is 5.21. The van der Waals surface area contributed by atoms with Gasteiger partial charge in [-0.05, 0) is 48.5 Å². The molecule has 0 spiro atoms. The Labute approximate surface area is 117 Å². The molecule has 0 aliphatic carbocycles. The van der Waals surface area contributed by atoms with Crippen LogP contribution >= 0.6 is 11.8 Å². The summed E-state index contributed by atoms with van der Waals surface area (Å²) in [7, 11) is 0. The minimum Gasteiger partial charge on any atom is -0.458 e. The lowest BCUT2D eigenvalue weighted by Gasteiger charge is -2.44. The fraction of sp³-hybridized carbons (Fsp3) is 0.933. The highest BCUT2D eigenvalue weighted by Gasteiger charge is 2.44. The molecule has 0 heterocycles. The van der Waals surface area contributed by atoms with E-state index in [4.69, 9.17) is 4.74 Å². The number of rotatable bonds is 3. The van der Waals surface area contributed by atoms with E-state index in [1.54, 1.807) is 0 Å². The van der Waals surface area contributed by atoms with Crippen molar-refractivity contribution in [2.24, 2.45) is 5.41 Å². The van der Waals surface area contributed by atoms with Crippen molar-refractivity contribution in [2.75, 3.05) is 0 Å². The Bertz CT molecular complexity index is 303. The van der Waals surface area contributed by atoms with Crippen LogP contribution in [-0.4, -0.2) is 21.1 Å². The minimum atomic E-state index is -0.505. The number of ether oxygens (including phenoxy) is 1. The summed E-state index contributed by atoms with van der Waals surface area (Å²) in [6.07, 6.45) is 0. The van der Waals surface area contributed by atoms with Crippen LogP contribution in [0, 0.1) is 5.41 Å². The Hall–Kier alpha value is -0.180.